The number of aromatic nitrogens is 3. The highest BCUT2D eigenvalue weighted by atomic mass is 16.2. The molecule has 6 nitrogen and oxygen atoms in total. The van der Waals surface area contributed by atoms with Gasteiger partial charge in [-0.15, -0.1) is 0 Å². The number of hydrogen-bond donors (Lipinski definition) is 0. The molecule has 0 fully saturated rings. The minimum absolute atomic E-state index is 0. The molecule has 6 heteroatoms. The van der Waals surface area contributed by atoms with Crippen molar-refractivity contribution in [3.63, 3.8) is 0 Å². The zero-order valence-corrected chi connectivity index (χ0v) is 7.07. The van der Waals surface area contributed by atoms with Gasteiger partial charge in [-0.3, -0.25) is 0 Å². The van der Waals surface area contributed by atoms with E-state index in [2.05, 4.69) is 0 Å². The molecule has 0 atom stereocenters. The van der Waals surface area contributed by atoms with E-state index in [1.54, 1.807) is 0 Å². The van der Waals surface area contributed by atoms with Crippen LogP contribution in [-0.4, -0.2) is 13.7 Å². The molecule has 1 aromatic heterocycles. The minimum Gasteiger partial charge on any atom is -0.248 e. The first-order chi connectivity index (χ1) is 5.46. The second-order valence-corrected chi connectivity index (χ2v) is 2.52. The number of hydrogen-bond acceptors (Lipinski definition) is 3. The highest BCUT2D eigenvalue weighted by Gasteiger charge is 2.05. The molecule has 1 rings (SSSR count). The van der Waals surface area contributed by atoms with Crippen LogP contribution < -0.4 is 17.1 Å². The van der Waals surface area contributed by atoms with E-state index in [-0.39, 0.29) is 14.9 Å². The molecule has 0 radical (unpaired) electrons. The molecule has 0 aromatic carbocycles. The van der Waals surface area contributed by atoms with Gasteiger partial charge in [0.2, 0.25) is 0 Å². The fraction of sp³-hybridized carbons (Fsp3) is 0.625. The quantitative estimate of drug-likeness (QED) is 0.546. The lowest BCUT2D eigenvalue weighted by molar-refractivity contribution is 0.551. The summed E-state index contributed by atoms with van der Waals surface area (Å²) in [4.78, 5) is 33.2. The molecule has 1 aromatic rings. The van der Waals surface area contributed by atoms with Crippen LogP contribution in [0.15, 0.2) is 14.4 Å². The molecular weight excluding hydrogens is 186 g/mol. The van der Waals surface area contributed by atoms with Gasteiger partial charge in [-0.2, -0.15) is 0 Å². The van der Waals surface area contributed by atoms with Gasteiger partial charge in [-0.25, -0.2) is 28.1 Å². The molecule has 82 valence electrons. The van der Waals surface area contributed by atoms with Crippen molar-refractivity contribution in [1.29, 1.82) is 0 Å². The molecule has 0 bridgehead atoms. The molecule has 1 heterocycles. The Bertz CT molecular complexity index is 376. The second kappa shape index (κ2) is 4.59. The van der Waals surface area contributed by atoms with Gasteiger partial charge in [0.25, 0.3) is 0 Å². The van der Waals surface area contributed by atoms with Crippen molar-refractivity contribution in [1.82, 2.24) is 13.7 Å². The number of nitrogens with zero attached hydrogens (tertiary/aromatic N) is 3. The molecule has 0 N–H and O–H groups in total. The topological polar surface area (TPSA) is 66.0 Å². The molecule has 14 heavy (non-hydrogen) atoms. The van der Waals surface area contributed by atoms with Gasteiger partial charge in [0.1, 0.15) is 0 Å². The molecule has 0 spiro atoms. The molecular formula is C8H17N3O3. The monoisotopic (exact) mass is 203 g/mol. The maximum atomic E-state index is 11.1. The molecule has 0 saturated carbocycles. The van der Waals surface area contributed by atoms with Crippen molar-refractivity contribution in [2.24, 2.45) is 21.1 Å². The Kier molecular flexibility index (Phi) is 4.89. The summed E-state index contributed by atoms with van der Waals surface area (Å²) in [5.41, 5.74) is -1.82. The summed E-state index contributed by atoms with van der Waals surface area (Å²) < 4.78 is 2.63. The smallest absolute Gasteiger partial charge is 0.248 e. The Balaban J connectivity index is 0. The third-order valence-electron chi connectivity index (χ3n) is 1.72. The average Bonchev–Trinajstić information content (AvgIpc) is 2.08. The van der Waals surface area contributed by atoms with E-state index in [1.807, 2.05) is 0 Å². The van der Waals surface area contributed by atoms with Crippen molar-refractivity contribution in [2.75, 3.05) is 0 Å². The van der Waals surface area contributed by atoms with Crippen LogP contribution in [0.4, 0.5) is 0 Å². The Morgan fingerprint density at radius 3 is 0.929 bits per heavy atom. The molecule has 0 aliphatic rings. The molecule has 0 aliphatic heterocycles. The van der Waals surface area contributed by atoms with E-state index in [0.717, 1.165) is 13.7 Å². The Hall–Kier alpha value is -1.59. The summed E-state index contributed by atoms with van der Waals surface area (Å²) >= 11 is 0. The summed E-state index contributed by atoms with van der Waals surface area (Å²) in [6.07, 6.45) is 0. The minimum atomic E-state index is -0.608. The fourth-order valence-corrected chi connectivity index (χ4v) is 0.920. The summed E-state index contributed by atoms with van der Waals surface area (Å²) in [7, 11) is 3.97. The second-order valence-electron chi connectivity index (χ2n) is 2.52. The standard InChI is InChI=1S/C6H9N3O3.2CH4/c1-7-4(10)8(2)6(12)9(3)5(7)11;;/h1-3H3;2*1H4. The van der Waals surface area contributed by atoms with Crippen molar-refractivity contribution in [2.45, 2.75) is 14.9 Å². The summed E-state index contributed by atoms with van der Waals surface area (Å²) in [5.74, 6) is 0. The van der Waals surface area contributed by atoms with Crippen LogP contribution in [0, 0.1) is 0 Å². The van der Waals surface area contributed by atoms with E-state index in [9.17, 15) is 14.4 Å². The van der Waals surface area contributed by atoms with E-state index < -0.39 is 17.1 Å². The summed E-state index contributed by atoms with van der Waals surface area (Å²) in [6, 6.07) is 0. The molecule has 0 aliphatic carbocycles. The third-order valence-corrected chi connectivity index (χ3v) is 1.72. The van der Waals surface area contributed by atoms with E-state index in [4.69, 9.17) is 0 Å². The van der Waals surface area contributed by atoms with Gasteiger partial charge >= 0.3 is 17.1 Å². The van der Waals surface area contributed by atoms with Crippen LogP contribution in [0.2, 0.25) is 0 Å². The van der Waals surface area contributed by atoms with E-state index in [0.29, 0.717) is 0 Å². The largest absolute Gasteiger partial charge is 0.335 e. The molecule has 0 unspecified atom stereocenters. The lowest BCUT2D eigenvalue weighted by atomic mass is 10.8. The summed E-state index contributed by atoms with van der Waals surface area (Å²) in [5, 5.41) is 0. The third kappa shape index (κ3) is 1.84. The van der Waals surface area contributed by atoms with E-state index in [1.165, 1.54) is 21.1 Å². The average molecular weight is 203 g/mol. The highest BCUT2D eigenvalue weighted by molar-refractivity contribution is 4.73. The van der Waals surface area contributed by atoms with Crippen molar-refractivity contribution < 1.29 is 0 Å². The highest BCUT2D eigenvalue weighted by Crippen LogP contribution is 1.58. The molecule has 0 amide bonds. The van der Waals surface area contributed by atoms with Gasteiger partial charge in [0.05, 0.1) is 0 Å². The summed E-state index contributed by atoms with van der Waals surface area (Å²) in [6.45, 7) is 0. The van der Waals surface area contributed by atoms with Gasteiger partial charge in [-0.1, -0.05) is 14.9 Å². The predicted molar refractivity (Wildman–Crippen MR) is 55.6 cm³/mol. The first kappa shape index (κ1) is 14.9. The van der Waals surface area contributed by atoms with Gasteiger partial charge in [0.15, 0.2) is 0 Å². The van der Waals surface area contributed by atoms with Gasteiger partial charge < -0.3 is 0 Å². The van der Waals surface area contributed by atoms with Crippen molar-refractivity contribution in [3.05, 3.63) is 31.5 Å². The van der Waals surface area contributed by atoms with Gasteiger partial charge in [0, 0.05) is 21.1 Å². The maximum absolute atomic E-state index is 11.1. The predicted octanol–water partition coefficient (Wildman–Crippen LogP) is -0.945. The first-order valence-corrected chi connectivity index (χ1v) is 3.30. The Morgan fingerprint density at radius 2 is 0.786 bits per heavy atom. The Labute approximate surface area is 82.0 Å². The van der Waals surface area contributed by atoms with E-state index >= 15 is 0 Å². The van der Waals surface area contributed by atoms with Crippen LogP contribution in [-0.2, 0) is 21.1 Å². The first-order valence-electron chi connectivity index (χ1n) is 3.30. The van der Waals surface area contributed by atoms with Crippen LogP contribution in [0.1, 0.15) is 14.9 Å². The van der Waals surface area contributed by atoms with Crippen molar-refractivity contribution in [3.8, 4) is 0 Å². The fourth-order valence-electron chi connectivity index (χ4n) is 0.920. The Morgan fingerprint density at radius 1 is 0.643 bits per heavy atom. The van der Waals surface area contributed by atoms with Crippen molar-refractivity contribution >= 4 is 0 Å². The zero-order valence-electron chi connectivity index (χ0n) is 7.07. The van der Waals surface area contributed by atoms with Crippen LogP contribution in [0.25, 0.3) is 0 Å². The number of rotatable bonds is 0. The van der Waals surface area contributed by atoms with Crippen LogP contribution in [0.3, 0.4) is 0 Å². The zero-order chi connectivity index (χ0) is 9.46. The molecule has 0 saturated heterocycles. The SMILES string of the molecule is C.C.Cn1c(=O)n(C)c(=O)n(C)c1=O. The maximum Gasteiger partial charge on any atom is 0.335 e. The van der Waals surface area contributed by atoms with Crippen LogP contribution in [0.5, 0.6) is 0 Å². The normalized spacial score (nSPS) is 8.79. The lowest BCUT2D eigenvalue weighted by Gasteiger charge is -2.02. The van der Waals surface area contributed by atoms with Crippen LogP contribution >= 0.6 is 0 Å². The van der Waals surface area contributed by atoms with Gasteiger partial charge in [-0.05, 0) is 0 Å². The lowest BCUT2D eigenvalue weighted by Crippen LogP contribution is -2.51.